The van der Waals surface area contributed by atoms with Crippen LogP contribution in [0.2, 0.25) is 0 Å². The molecule has 1 aromatic carbocycles. The molecule has 0 radical (unpaired) electrons. The van der Waals surface area contributed by atoms with Gasteiger partial charge in [0, 0.05) is 23.6 Å². The number of nitrogens with one attached hydrogen (secondary N) is 1. The summed E-state index contributed by atoms with van der Waals surface area (Å²) < 4.78 is 0. The second kappa shape index (κ2) is 14.6. The van der Waals surface area contributed by atoms with E-state index >= 15 is 0 Å². The van der Waals surface area contributed by atoms with E-state index in [1.165, 1.54) is 18.4 Å². The SMILES string of the molecule is CCCCc1ccc(C(=O)C(C)(CC)N[C@H]2CCCCCC[C@H]2C(=O)[C@@](C)(CC)N2C(=O)[C@@H]3CCCCCC[C@@H]32)cc1. The number of aryl methyl sites for hydroxylation is 1. The van der Waals surface area contributed by atoms with Crippen LogP contribution in [0.3, 0.4) is 0 Å². The Morgan fingerprint density at radius 3 is 2.07 bits per heavy atom. The average molecular weight is 579 g/mol. The molecule has 0 spiro atoms. The summed E-state index contributed by atoms with van der Waals surface area (Å²) in [6.45, 7) is 10.4. The highest BCUT2D eigenvalue weighted by atomic mass is 16.2. The molecule has 42 heavy (non-hydrogen) atoms. The number of likely N-dealkylation sites (tertiary alicyclic amines) is 1. The van der Waals surface area contributed by atoms with Gasteiger partial charge in [-0.15, -0.1) is 0 Å². The van der Waals surface area contributed by atoms with Crippen LogP contribution in [0.25, 0.3) is 0 Å². The van der Waals surface area contributed by atoms with Gasteiger partial charge in [0.05, 0.1) is 17.0 Å². The Morgan fingerprint density at radius 2 is 1.45 bits per heavy atom. The third kappa shape index (κ3) is 6.87. The number of carbonyl (C=O) groups excluding carboxylic acids is 3. The third-order valence-electron chi connectivity index (χ3n) is 11.2. The van der Waals surface area contributed by atoms with Gasteiger partial charge in [0.25, 0.3) is 0 Å². The van der Waals surface area contributed by atoms with Crippen LogP contribution in [0.5, 0.6) is 0 Å². The van der Waals surface area contributed by atoms with Crippen LogP contribution in [0, 0.1) is 11.8 Å². The minimum atomic E-state index is -0.789. The molecular formula is C37H58N2O3. The van der Waals surface area contributed by atoms with E-state index in [1.807, 2.05) is 30.9 Å². The van der Waals surface area contributed by atoms with Crippen LogP contribution in [-0.4, -0.2) is 45.5 Å². The number of hydrogen-bond donors (Lipinski definition) is 1. The van der Waals surface area contributed by atoms with E-state index in [0.717, 1.165) is 89.0 Å². The van der Waals surface area contributed by atoms with Crippen molar-refractivity contribution in [3.05, 3.63) is 35.4 Å². The third-order valence-corrected chi connectivity index (χ3v) is 11.2. The molecule has 234 valence electrons. The van der Waals surface area contributed by atoms with Crippen molar-refractivity contribution in [1.29, 1.82) is 0 Å². The zero-order valence-corrected chi connectivity index (χ0v) is 27.3. The molecule has 2 aliphatic carbocycles. The molecule has 1 amide bonds. The fourth-order valence-corrected chi connectivity index (χ4v) is 8.02. The van der Waals surface area contributed by atoms with Crippen molar-refractivity contribution in [2.24, 2.45) is 11.8 Å². The maximum Gasteiger partial charge on any atom is 0.228 e. The fourth-order valence-electron chi connectivity index (χ4n) is 8.02. The highest BCUT2D eigenvalue weighted by Crippen LogP contribution is 2.44. The summed E-state index contributed by atoms with van der Waals surface area (Å²) in [5, 5.41) is 3.81. The molecule has 1 N–H and O–H groups in total. The van der Waals surface area contributed by atoms with Gasteiger partial charge in [0.1, 0.15) is 0 Å². The number of unbranched alkanes of at least 4 members (excludes halogenated alkanes) is 1. The number of benzene rings is 1. The van der Waals surface area contributed by atoms with Crippen LogP contribution in [-0.2, 0) is 16.0 Å². The van der Waals surface area contributed by atoms with Crippen LogP contribution in [0.15, 0.2) is 24.3 Å². The van der Waals surface area contributed by atoms with E-state index in [4.69, 9.17) is 0 Å². The lowest BCUT2D eigenvalue weighted by Gasteiger charge is -2.57. The first-order valence-corrected chi connectivity index (χ1v) is 17.5. The lowest BCUT2D eigenvalue weighted by atomic mass is 9.69. The van der Waals surface area contributed by atoms with E-state index in [1.54, 1.807) is 0 Å². The lowest BCUT2D eigenvalue weighted by Crippen LogP contribution is -2.72. The topological polar surface area (TPSA) is 66.5 Å². The van der Waals surface area contributed by atoms with Gasteiger partial charge in [-0.1, -0.05) is 103 Å². The van der Waals surface area contributed by atoms with Gasteiger partial charge in [-0.3, -0.25) is 14.4 Å². The van der Waals surface area contributed by atoms with Gasteiger partial charge in [-0.05, 0) is 70.8 Å². The van der Waals surface area contributed by atoms with Gasteiger partial charge in [-0.2, -0.15) is 0 Å². The molecule has 1 heterocycles. The van der Waals surface area contributed by atoms with Gasteiger partial charge in [0.2, 0.25) is 5.91 Å². The molecule has 6 atom stereocenters. The van der Waals surface area contributed by atoms with E-state index in [2.05, 4.69) is 38.2 Å². The number of fused-ring (bicyclic) bond motifs is 1. The Hall–Kier alpha value is -2.01. The molecule has 0 bridgehead atoms. The predicted octanol–water partition coefficient (Wildman–Crippen LogP) is 8.23. The number of ketones is 2. The van der Waals surface area contributed by atoms with Crippen LogP contribution in [0.1, 0.15) is 153 Å². The average Bonchev–Trinajstić information content (AvgIpc) is 2.98. The first-order chi connectivity index (χ1) is 20.2. The number of Topliss-reactive ketones (excluding diaryl/α,β-unsaturated/α-hetero) is 2. The summed E-state index contributed by atoms with van der Waals surface area (Å²) in [5.74, 6) is 0.416. The minimum absolute atomic E-state index is 0.0779. The highest BCUT2D eigenvalue weighted by molar-refractivity contribution is 6.03. The standard InChI is InChI=1S/C37H58N2O3/c1-6-9-18-27-23-25-28(26-24-27)33(40)36(4,7-2)38-31-21-16-12-10-14-19-29(31)34(41)37(5,8-3)39-32-22-17-13-11-15-20-30(32)35(39)42/h23-26,29-32,38H,6-22H2,1-5H3/t29-,30-,31+,32+,36?,37-/m1/s1. The Bertz CT molecular complexity index is 1070. The lowest BCUT2D eigenvalue weighted by molar-refractivity contribution is -0.176. The van der Waals surface area contributed by atoms with E-state index in [9.17, 15) is 14.4 Å². The molecule has 1 aliphatic heterocycles. The Kier molecular flexibility index (Phi) is 11.5. The van der Waals surface area contributed by atoms with Gasteiger partial charge < -0.3 is 10.2 Å². The molecule has 5 heteroatoms. The van der Waals surface area contributed by atoms with Crippen LogP contribution < -0.4 is 5.32 Å². The number of β-lactam (4-membered cyclic amide) rings is 1. The second-order valence-electron chi connectivity index (χ2n) is 14.0. The van der Waals surface area contributed by atoms with Gasteiger partial charge >= 0.3 is 0 Å². The van der Waals surface area contributed by atoms with E-state index in [-0.39, 0.29) is 41.4 Å². The molecule has 1 aromatic rings. The molecule has 0 aromatic heterocycles. The molecule has 1 unspecified atom stereocenters. The fraction of sp³-hybridized carbons (Fsp3) is 0.757. The molecular weight excluding hydrogens is 520 g/mol. The summed E-state index contributed by atoms with van der Waals surface area (Å²) >= 11 is 0. The number of nitrogens with zero attached hydrogens (tertiary/aromatic N) is 1. The summed E-state index contributed by atoms with van der Waals surface area (Å²) in [5.41, 5.74) is 0.465. The smallest absolute Gasteiger partial charge is 0.228 e. The first kappa shape index (κ1) is 32.9. The van der Waals surface area contributed by atoms with Gasteiger partial charge in [-0.25, -0.2) is 0 Å². The van der Waals surface area contributed by atoms with E-state index in [0.29, 0.717) is 12.8 Å². The Balaban J connectivity index is 1.57. The monoisotopic (exact) mass is 578 g/mol. The largest absolute Gasteiger partial charge is 0.326 e. The summed E-state index contributed by atoms with van der Waals surface area (Å²) in [4.78, 5) is 44.4. The van der Waals surface area contributed by atoms with Crippen molar-refractivity contribution in [1.82, 2.24) is 10.2 Å². The summed E-state index contributed by atoms with van der Waals surface area (Å²) in [7, 11) is 0. The summed E-state index contributed by atoms with van der Waals surface area (Å²) in [6, 6.07) is 8.29. The number of amides is 1. The van der Waals surface area contributed by atoms with Crippen molar-refractivity contribution in [2.45, 2.75) is 167 Å². The molecule has 3 fully saturated rings. The van der Waals surface area contributed by atoms with E-state index < -0.39 is 11.1 Å². The number of rotatable bonds is 12. The van der Waals surface area contributed by atoms with Gasteiger partial charge in [0.15, 0.2) is 11.6 Å². The van der Waals surface area contributed by atoms with Crippen molar-refractivity contribution in [2.75, 3.05) is 0 Å². The molecule has 1 saturated heterocycles. The number of hydrogen-bond acceptors (Lipinski definition) is 4. The minimum Gasteiger partial charge on any atom is -0.326 e. The molecule has 3 aliphatic rings. The van der Waals surface area contributed by atoms with Crippen LogP contribution >= 0.6 is 0 Å². The van der Waals surface area contributed by atoms with Crippen LogP contribution in [0.4, 0.5) is 0 Å². The Labute approximate surface area is 256 Å². The zero-order valence-electron chi connectivity index (χ0n) is 27.3. The highest BCUT2D eigenvalue weighted by Gasteiger charge is 2.57. The quantitative estimate of drug-likeness (QED) is 0.200. The predicted molar refractivity (Wildman–Crippen MR) is 172 cm³/mol. The normalized spacial score (nSPS) is 28.1. The molecule has 5 nitrogen and oxygen atoms in total. The van der Waals surface area contributed by atoms with Crippen molar-refractivity contribution in [3.63, 3.8) is 0 Å². The maximum absolute atomic E-state index is 14.8. The summed E-state index contributed by atoms with van der Waals surface area (Å²) in [6.07, 6.45) is 17.4. The number of carbonyl (C=O) groups is 3. The zero-order chi connectivity index (χ0) is 30.3. The van der Waals surface area contributed by atoms with Crippen molar-refractivity contribution in [3.8, 4) is 0 Å². The molecule has 2 saturated carbocycles. The second-order valence-corrected chi connectivity index (χ2v) is 14.0. The first-order valence-electron chi connectivity index (χ1n) is 17.5. The Morgan fingerprint density at radius 1 is 0.833 bits per heavy atom. The maximum atomic E-state index is 14.8. The van der Waals surface area contributed by atoms with Crippen molar-refractivity contribution >= 4 is 17.5 Å². The van der Waals surface area contributed by atoms with Crippen molar-refractivity contribution < 1.29 is 14.4 Å². The molecule has 4 rings (SSSR count).